The summed E-state index contributed by atoms with van der Waals surface area (Å²) in [5.41, 5.74) is 0. The molecule has 0 spiro atoms. The number of nitrogens with zero attached hydrogens (tertiary/aromatic N) is 4. The van der Waals surface area contributed by atoms with Crippen LogP contribution in [0.25, 0.3) is 0 Å². The average molecular weight is 434 g/mol. The van der Waals surface area contributed by atoms with E-state index in [4.69, 9.17) is 0 Å². The first-order chi connectivity index (χ1) is 10.4. The molecule has 8 heteroatoms. The number of nitrogens with one attached hydrogen (secondary N) is 2. The fourth-order valence-electron chi connectivity index (χ4n) is 1.87. The third-order valence-corrected chi connectivity index (χ3v) is 3.78. The number of hydrogen-bond acceptors (Lipinski definition) is 4. The molecule has 0 saturated heterocycles. The highest BCUT2D eigenvalue weighted by molar-refractivity contribution is 14.0. The van der Waals surface area contributed by atoms with Crippen LogP contribution in [-0.2, 0) is 13.1 Å². The van der Waals surface area contributed by atoms with Crippen LogP contribution >= 0.6 is 35.3 Å². The molecule has 2 aromatic heterocycles. The number of guanidine groups is 1. The van der Waals surface area contributed by atoms with Crippen LogP contribution in [0.3, 0.4) is 0 Å². The molecule has 22 heavy (non-hydrogen) atoms. The summed E-state index contributed by atoms with van der Waals surface area (Å²) in [5.74, 6) is 0.884. The molecule has 2 heterocycles. The summed E-state index contributed by atoms with van der Waals surface area (Å²) in [6, 6.07) is 4.16. The van der Waals surface area contributed by atoms with Crippen LogP contribution in [0, 0.1) is 0 Å². The van der Waals surface area contributed by atoms with Gasteiger partial charge in [-0.05, 0) is 31.2 Å². The van der Waals surface area contributed by atoms with Crippen LogP contribution in [-0.4, -0.2) is 33.8 Å². The molecular weight excluding hydrogens is 411 g/mol. The number of halogens is 1. The second kappa shape index (κ2) is 11.4. The van der Waals surface area contributed by atoms with Gasteiger partial charge in [-0.1, -0.05) is 6.07 Å². The first kappa shape index (κ1) is 18.9. The minimum Gasteiger partial charge on any atom is -0.357 e. The summed E-state index contributed by atoms with van der Waals surface area (Å²) in [7, 11) is 0. The Kier molecular flexibility index (Phi) is 9.80. The quantitative estimate of drug-likeness (QED) is 0.290. The van der Waals surface area contributed by atoms with E-state index in [0.717, 1.165) is 45.0 Å². The maximum Gasteiger partial charge on any atom is 0.191 e. The smallest absolute Gasteiger partial charge is 0.191 e. The molecule has 0 radical (unpaired) electrons. The summed E-state index contributed by atoms with van der Waals surface area (Å²) >= 11 is 1.74. The molecule has 0 aromatic carbocycles. The molecule has 0 saturated carbocycles. The van der Waals surface area contributed by atoms with Crippen molar-refractivity contribution in [3.05, 3.63) is 35.0 Å². The zero-order chi connectivity index (χ0) is 14.8. The Morgan fingerprint density at radius 3 is 2.77 bits per heavy atom. The predicted octanol–water partition coefficient (Wildman–Crippen LogP) is 2.49. The Balaban J connectivity index is 0.00000242. The highest BCUT2D eigenvalue weighted by Gasteiger charge is 1.98. The molecule has 122 valence electrons. The van der Waals surface area contributed by atoms with Gasteiger partial charge in [0.1, 0.15) is 12.7 Å². The molecule has 0 aliphatic heterocycles. The second-order valence-electron chi connectivity index (χ2n) is 4.61. The van der Waals surface area contributed by atoms with Crippen LogP contribution in [0.5, 0.6) is 0 Å². The van der Waals surface area contributed by atoms with Gasteiger partial charge in [0.2, 0.25) is 0 Å². The number of rotatable bonds is 8. The van der Waals surface area contributed by atoms with Gasteiger partial charge in [-0.3, -0.25) is 0 Å². The van der Waals surface area contributed by atoms with Gasteiger partial charge in [-0.2, -0.15) is 0 Å². The lowest BCUT2D eigenvalue weighted by atomic mass is 10.3. The zero-order valence-electron chi connectivity index (χ0n) is 12.7. The van der Waals surface area contributed by atoms with Crippen LogP contribution in [0.1, 0.15) is 24.6 Å². The summed E-state index contributed by atoms with van der Waals surface area (Å²) < 4.78 is 2.00. The Bertz CT molecular complexity index is 511. The minimum absolute atomic E-state index is 0. The molecule has 0 bridgehead atoms. The van der Waals surface area contributed by atoms with Crippen molar-refractivity contribution in [3.8, 4) is 0 Å². The van der Waals surface area contributed by atoms with Crippen LogP contribution in [0.2, 0.25) is 0 Å². The number of thiophene rings is 1. The van der Waals surface area contributed by atoms with Gasteiger partial charge in [0.05, 0.1) is 6.54 Å². The van der Waals surface area contributed by atoms with Gasteiger partial charge in [-0.15, -0.1) is 45.5 Å². The summed E-state index contributed by atoms with van der Waals surface area (Å²) in [4.78, 5) is 5.86. The van der Waals surface area contributed by atoms with E-state index in [-0.39, 0.29) is 24.0 Å². The second-order valence-corrected chi connectivity index (χ2v) is 5.64. The highest BCUT2D eigenvalue weighted by atomic mass is 127. The summed E-state index contributed by atoms with van der Waals surface area (Å²) in [6.45, 7) is 5.55. The normalized spacial score (nSPS) is 11.0. The molecular formula is C14H23IN6S. The van der Waals surface area contributed by atoms with Gasteiger partial charge in [0, 0.05) is 24.5 Å². The van der Waals surface area contributed by atoms with Crippen LogP contribution in [0.15, 0.2) is 35.2 Å². The fraction of sp³-hybridized carbons (Fsp3) is 0.500. The van der Waals surface area contributed by atoms with E-state index in [0.29, 0.717) is 0 Å². The molecule has 2 rings (SSSR count). The molecule has 0 fully saturated rings. The summed E-state index contributed by atoms with van der Waals surface area (Å²) in [5, 5.41) is 16.3. The lowest BCUT2D eigenvalue weighted by Crippen LogP contribution is -2.37. The van der Waals surface area contributed by atoms with Crippen molar-refractivity contribution in [1.82, 2.24) is 25.4 Å². The maximum absolute atomic E-state index is 4.58. The monoisotopic (exact) mass is 434 g/mol. The molecule has 0 aliphatic rings. The van der Waals surface area contributed by atoms with E-state index < -0.39 is 0 Å². The standard InChI is InChI=1S/C14H22N6S.HI/c1-2-15-14(17-10-13-6-5-9-21-13)16-7-3-4-8-20-11-18-19-12-20;/h5-6,9,11-12H,2-4,7-8,10H2,1H3,(H2,15,16,17);1H. The number of aromatic nitrogens is 3. The molecule has 6 nitrogen and oxygen atoms in total. The first-order valence-electron chi connectivity index (χ1n) is 7.25. The van der Waals surface area contributed by atoms with Gasteiger partial charge in [0.15, 0.2) is 5.96 Å². The Hall–Kier alpha value is -1.16. The van der Waals surface area contributed by atoms with Crippen molar-refractivity contribution in [3.63, 3.8) is 0 Å². The van der Waals surface area contributed by atoms with Crippen molar-refractivity contribution < 1.29 is 0 Å². The number of aliphatic imine (C=N–C) groups is 1. The molecule has 0 amide bonds. The van der Waals surface area contributed by atoms with Gasteiger partial charge < -0.3 is 15.2 Å². The van der Waals surface area contributed by atoms with E-state index in [1.54, 1.807) is 24.0 Å². The molecule has 0 aliphatic carbocycles. The average Bonchev–Trinajstić information content (AvgIpc) is 3.17. The Labute approximate surface area is 152 Å². The van der Waals surface area contributed by atoms with Crippen molar-refractivity contribution in [2.75, 3.05) is 13.1 Å². The lowest BCUT2D eigenvalue weighted by Gasteiger charge is -2.11. The highest BCUT2D eigenvalue weighted by Crippen LogP contribution is 2.09. The largest absolute Gasteiger partial charge is 0.357 e. The van der Waals surface area contributed by atoms with E-state index in [1.165, 1.54) is 4.88 Å². The fourth-order valence-corrected chi connectivity index (χ4v) is 2.49. The van der Waals surface area contributed by atoms with Crippen molar-refractivity contribution in [2.24, 2.45) is 4.99 Å². The van der Waals surface area contributed by atoms with E-state index >= 15 is 0 Å². The SMILES string of the molecule is CCNC(=NCc1cccs1)NCCCCn1cnnc1.I. The van der Waals surface area contributed by atoms with Crippen LogP contribution < -0.4 is 10.6 Å². The third-order valence-electron chi connectivity index (χ3n) is 2.92. The summed E-state index contributed by atoms with van der Waals surface area (Å²) in [6.07, 6.45) is 5.68. The molecule has 2 aromatic rings. The topological polar surface area (TPSA) is 67.1 Å². The van der Waals surface area contributed by atoms with E-state index in [1.807, 2.05) is 4.57 Å². The molecule has 0 atom stereocenters. The minimum atomic E-state index is 0. The van der Waals surface area contributed by atoms with Gasteiger partial charge in [0.25, 0.3) is 0 Å². The van der Waals surface area contributed by atoms with Crippen molar-refractivity contribution in [2.45, 2.75) is 32.9 Å². The number of unbranched alkanes of at least 4 members (excludes halogenated alkanes) is 1. The molecule has 2 N–H and O–H groups in total. The number of aryl methyl sites for hydroxylation is 1. The van der Waals surface area contributed by atoms with E-state index in [2.05, 4.69) is 50.3 Å². The first-order valence-corrected chi connectivity index (χ1v) is 8.13. The van der Waals surface area contributed by atoms with Gasteiger partial charge >= 0.3 is 0 Å². The van der Waals surface area contributed by atoms with Crippen molar-refractivity contribution in [1.29, 1.82) is 0 Å². The van der Waals surface area contributed by atoms with E-state index in [9.17, 15) is 0 Å². The Morgan fingerprint density at radius 1 is 1.27 bits per heavy atom. The van der Waals surface area contributed by atoms with Gasteiger partial charge in [-0.25, -0.2) is 4.99 Å². The number of hydrogen-bond donors (Lipinski definition) is 2. The predicted molar refractivity (Wildman–Crippen MR) is 102 cm³/mol. The Morgan fingerprint density at radius 2 is 2.09 bits per heavy atom. The third kappa shape index (κ3) is 7.21. The maximum atomic E-state index is 4.58. The molecule has 0 unspecified atom stereocenters. The lowest BCUT2D eigenvalue weighted by molar-refractivity contribution is 0.598. The zero-order valence-corrected chi connectivity index (χ0v) is 15.9. The van der Waals surface area contributed by atoms with Crippen LogP contribution in [0.4, 0.5) is 0 Å². The van der Waals surface area contributed by atoms with Crippen molar-refractivity contribution >= 4 is 41.3 Å².